The van der Waals surface area contributed by atoms with Gasteiger partial charge in [0.25, 0.3) is 0 Å². The molecule has 0 aliphatic carbocycles. The molecule has 82 valence electrons. The van der Waals surface area contributed by atoms with E-state index in [1.165, 1.54) is 6.07 Å². The molecule has 0 radical (unpaired) electrons. The van der Waals surface area contributed by atoms with Crippen molar-refractivity contribution in [3.8, 4) is 11.5 Å². The van der Waals surface area contributed by atoms with Gasteiger partial charge in [-0.25, -0.2) is 0 Å². The van der Waals surface area contributed by atoms with Gasteiger partial charge in [0, 0.05) is 17.5 Å². The van der Waals surface area contributed by atoms with Crippen LogP contribution < -0.4 is 0 Å². The summed E-state index contributed by atoms with van der Waals surface area (Å²) in [6.45, 7) is 6.36. The van der Waals surface area contributed by atoms with E-state index in [0.717, 1.165) is 16.7 Å². The number of ether oxygens (including phenoxy) is 1. The minimum absolute atomic E-state index is 0.123. The van der Waals surface area contributed by atoms with Crippen LogP contribution in [0.25, 0.3) is 0 Å². The van der Waals surface area contributed by atoms with Crippen LogP contribution in [0.2, 0.25) is 0 Å². The Hall–Kier alpha value is -1.22. The smallest absolute Gasteiger partial charge is 0.125 e. The van der Waals surface area contributed by atoms with Gasteiger partial charge < -0.3 is 14.9 Å². The van der Waals surface area contributed by atoms with Crippen molar-refractivity contribution in [1.29, 1.82) is 0 Å². The molecule has 3 heteroatoms. The quantitative estimate of drug-likeness (QED) is 0.688. The van der Waals surface area contributed by atoms with Gasteiger partial charge in [-0.15, -0.1) is 0 Å². The highest BCUT2D eigenvalue weighted by atomic mass is 16.5. The number of aromatic hydroxyl groups is 2. The number of fused-ring (bicyclic) bond motifs is 1. The van der Waals surface area contributed by atoms with Crippen molar-refractivity contribution in [2.45, 2.75) is 39.4 Å². The molecule has 1 aliphatic heterocycles. The van der Waals surface area contributed by atoms with Crippen molar-refractivity contribution in [1.82, 2.24) is 0 Å². The second-order valence-corrected chi connectivity index (χ2v) is 4.24. The van der Waals surface area contributed by atoms with E-state index in [1.54, 1.807) is 0 Å². The predicted molar refractivity (Wildman–Crippen MR) is 57.2 cm³/mol. The molecule has 0 amide bonds. The molecule has 2 atom stereocenters. The van der Waals surface area contributed by atoms with Crippen LogP contribution in [0.1, 0.15) is 36.5 Å². The van der Waals surface area contributed by atoms with Gasteiger partial charge in [0.1, 0.15) is 11.5 Å². The summed E-state index contributed by atoms with van der Waals surface area (Å²) in [4.78, 5) is 0. The van der Waals surface area contributed by atoms with Crippen molar-refractivity contribution >= 4 is 0 Å². The van der Waals surface area contributed by atoms with E-state index >= 15 is 0 Å². The highest BCUT2D eigenvalue weighted by Crippen LogP contribution is 2.41. The van der Waals surface area contributed by atoms with E-state index in [9.17, 15) is 10.2 Å². The Labute approximate surface area is 89.3 Å². The van der Waals surface area contributed by atoms with Crippen molar-refractivity contribution < 1.29 is 14.9 Å². The number of phenolic OH excluding ortho intramolecular Hbond substituents is 2. The largest absolute Gasteiger partial charge is 0.508 e. The van der Waals surface area contributed by atoms with E-state index in [2.05, 4.69) is 6.92 Å². The maximum atomic E-state index is 9.73. The fraction of sp³-hybridized carbons (Fsp3) is 0.500. The fourth-order valence-electron chi connectivity index (χ4n) is 2.19. The van der Waals surface area contributed by atoms with Crippen molar-refractivity contribution in [3.63, 3.8) is 0 Å². The van der Waals surface area contributed by atoms with Gasteiger partial charge >= 0.3 is 0 Å². The molecular weight excluding hydrogens is 192 g/mol. The third-order valence-electron chi connectivity index (χ3n) is 3.35. The van der Waals surface area contributed by atoms with Crippen molar-refractivity contribution in [3.05, 3.63) is 22.8 Å². The van der Waals surface area contributed by atoms with E-state index in [-0.39, 0.29) is 23.5 Å². The summed E-state index contributed by atoms with van der Waals surface area (Å²) in [5.74, 6) is 0.491. The summed E-state index contributed by atoms with van der Waals surface area (Å²) in [5.41, 5.74) is 2.70. The zero-order valence-electron chi connectivity index (χ0n) is 9.24. The van der Waals surface area contributed by atoms with Gasteiger partial charge in [-0.1, -0.05) is 6.92 Å². The minimum Gasteiger partial charge on any atom is -0.508 e. The summed E-state index contributed by atoms with van der Waals surface area (Å²) in [6.07, 6.45) is 0.123. The van der Waals surface area contributed by atoms with Crippen LogP contribution >= 0.6 is 0 Å². The van der Waals surface area contributed by atoms with Crippen LogP contribution in [0.15, 0.2) is 6.07 Å². The topological polar surface area (TPSA) is 49.7 Å². The van der Waals surface area contributed by atoms with E-state index in [4.69, 9.17) is 4.74 Å². The second-order valence-electron chi connectivity index (χ2n) is 4.24. The highest BCUT2D eigenvalue weighted by molar-refractivity contribution is 5.53. The number of phenols is 2. The molecule has 0 spiro atoms. The third kappa shape index (κ3) is 1.47. The third-order valence-corrected chi connectivity index (χ3v) is 3.35. The predicted octanol–water partition coefficient (Wildman–Crippen LogP) is 2.43. The number of hydrogen-bond acceptors (Lipinski definition) is 3. The summed E-state index contributed by atoms with van der Waals surface area (Å²) in [6, 6.07) is 1.39. The lowest BCUT2D eigenvalue weighted by Gasteiger charge is -2.31. The SMILES string of the molecule is Cc1c(O)cc(O)c2c1C(C)C(C)OC2. The lowest BCUT2D eigenvalue weighted by molar-refractivity contribution is 0.0225. The Kier molecular flexibility index (Phi) is 2.35. The normalized spacial score (nSPS) is 25.0. The molecular formula is C12H16O3. The molecule has 1 aromatic rings. The van der Waals surface area contributed by atoms with E-state index in [0.29, 0.717) is 6.61 Å². The van der Waals surface area contributed by atoms with E-state index < -0.39 is 0 Å². The van der Waals surface area contributed by atoms with Crippen molar-refractivity contribution in [2.75, 3.05) is 0 Å². The summed E-state index contributed by atoms with van der Waals surface area (Å²) >= 11 is 0. The first kappa shape index (κ1) is 10.3. The van der Waals surface area contributed by atoms with Crippen LogP contribution in [0.3, 0.4) is 0 Å². The molecule has 15 heavy (non-hydrogen) atoms. The molecule has 0 saturated carbocycles. The molecule has 1 aliphatic rings. The maximum absolute atomic E-state index is 9.73. The fourth-order valence-corrected chi connectivity index (χ4v) is 2.19. The molecule has 3 nitrogen and oxygen atoms in total. The molecule has 0 fully saturated rings. The molecule has 1 heterocycles. The van der Waals surface area contributed by atoms with Crippen LogP contribution in [-0.4, -0.2) is 16.3 Å². The Morgan fingerprint density at radius 1 is 1.27 bits per heavy atom. The van der Waals surface area contributed by atoms with Gasteiger partial charge in [-0.2, -0.15) is 0 Å². The van der Waals surface area contributed by atoms with Gasteiger partial charge in [-0.05, 0) is 25.0 Å². The monoisotopic (exact) mass is 208 g/mol. The van der Waals surface area contributed by atoms with Gasteiger partial charge in [0.05, 0.1) is 12.7 Å². The lowest BCUT2D eigenvalue weighted by atomic mass is 9.85. The van der Waals surface area contributed by atoms with Gasteiger partial charge in [-0.3, -0.25) is 0 Å². The Balaban J connectivity index is 2.65. The Morgan fingerprint density at radius 2 is 1.93 bits per heavy atom. The van der Waals surface area contributed by atoms with Crippen molar-refractivity contribution in [2.24, 2.45) is 0 Å². The first-order valence-corrected chi connectivity index (χ1v) is 5.18. The Bertz CT molecular complexity index is 398. The van der Waals surface area contributed by atoms with E-state index in [1.807, 2.05) is 13.8 Å². The number of benzene rings is 1. The highest BCUT2D eigenvalue weighted by Gasteiger charge is 2.28. The number of hydrogen-bond donors (Lipinski definition) is 2. The molecule has 0 aromatic heterocycles. The minimum atomic E-state index is 0.123. The molecule has 1 aromatic carbocycles. The van der Waals surface area contributed by atoms with Crippen LogP contribution in [-0.2, 0) is 11.3 Å². The van der Waals surface area contributed by atoms with Crippen LogP contribution in [0.4, 0.5) is 0 Å². The molecule has 2 unspecified atom stereocenters. The first-order chi connectivity index (χ1) is 7.02. The average Bonchev–Trinajstić information content (AvgIpc) is 2.19. The zero-order chi connectivity index (χ0) is 11.2. The van der Waals surface area contributed by atoms with Crippen LogP contribution in [0, 0.1) is 6.92 Å². The van der Waals surface area contributed by atoms with Gasteiger partial charge in [0.2, 0.25) is 0 Å². The summed E-state index contributed by atoms with van der Waals surface area (Å²) < 4.78 is 5.55. The summed E-state index contributed by atoms with van der Waals surface area (Å²) in [5, 5.41) is 19.4. The molecule has 2 rings (SSSR count). The molecule has 2 N–H and O–H groups in total. The van der Waals surface area contributed by atoms with Gasteiger partial charge in [0.15, 0.2) is 0 Å². The zero-order valence-corrected chi connectivity index (χ0v) is 9.24. The Morgan fingerprint density at radius 3 is 2.60 bits per heavy atom. The number of rotatable bonds is 0. The second kappa shape index (κ2) is 3.42. The maximum Gasteiger partial charge on any atom is 0.125 e. The summed E-state index contributed by atoms with van der Waals surface area (Å²) in [7, 11) is 0. The average molecular weight is 208 g/mol. The lowest BCUT2D eigenvalue weighted by Crippen LogP contribution is -2.24. The van der Waals surface area contributed by atoms with Crippen LogP contribution in [0.5, 0.6) is 11.5 Å². The molecule has 0 saturated heterocycles. The molecule has 0 bridgehead atoms. The first-order valence-electron chi connectivity index (χ1n) is 5.18. The standard InChI is InChI=1S/C12H16O3/c1-6-8(3)15-5-9-11(14)4-10(13)7(2)12(6)9/h4,6,8,13-14H,5H2,1-3H3.